The molecule has 0 N–H and O–H groups in total. The standard InChI is InChI=1S/C25H41N2O8/c1-9-32-20(28)18(21(29)33-10-2)15-24(5,6)26-13-14-27(17-26)25(7,8)16-19(22(30)34-11-3)23(31)35-12-4/h13-14,17-19H,9-12,15-16H2,1-8H3/q+1. The molecule has 0 bridgehead atoms. The van der Waals surface area contributed by atoms with Gasteiger partial charge in [-0.1, -0.05) is 0 Å². The number of hydrogen-bond donors (Lipinski definition) is 0. The zero-order valence-electron chi connectivity index (χ0n) is 22.3. The van der Waals surface area contributed by atoms with Gasteiger partial charge in [0.15, 0.2) is 11.8 Å². The zero-order valence-corrected chi connectivity index (χ0v) is 22.3. The Balaban J connectivity index is 3.18. The number of aromatic nitrogens is 2. The smallest absolute Gasteiger partial charge is 0.320 e. The van der Waals surface area contributed by atoms with Crippen LogP contribution in [0.4, 0.5) is 0 Å². The molecule has 0 spiro atoms. The molecule has 0 aliphatic rings. The quantitative estimate of drug-likeness (QED) is 0.167. The van der Waals surface area contributed by atoms with E-state index in [0.717, 1.165) is 0 Å². The Morgan fingerprint density at radius 3 is 1.46 bits per heavy atom. The lowest BCUT2D eigenvalue weighted by atomic mass is 9.90. The highest BCUT2D eigenvalue weighted by Gasteiger charge is 2.42. The van der Waals surface area contributed by atoms with E-state index in [0.29, 0.717) is 0 Å². The molecule has 10 heteroatoms. The molecule has 1 aromatic heterocycles. The normalized spacial score (nSPS) is 11.9. The molecular weight excluding hydrogens is 456 g/mol. The first-order chi connectivity index (χ1) is 16.3. The molecule has 0 unspecified atom stereocenters. The number of hydrogen-bond acceptors (Lipinski definition) is 8. The maximum absolute atomic E-state index is 12.5. The second-order valence-electron chi connectivity index (χ2n) is 9.37. The van der Waals surface area contributed by atoms with Crippen LogP contribution >= 0.6 is 0 Å². The van der Waals surface area contributed by atoms with Crippen LogP contribution in [0.2, 0.25) is 0 Å². The molecular formula is C25H41N2O8+. The van der Waals surface area contributed by atoms with Crippen LogP contribution in [0.1, 0.15) is 68.2 Å². The summed E-state index contributed by atoms with van der Waals surface area (Å²) in [5.41, 5.74) is -1.32. The molecule has 0 radical (unpaired) electrons. The first-order valence-electron chi connectivity index (χ1n) is 12.1. The summed E-state index contributed by atoms with van der Waals surface area (Å²) in [5.74, 6) is -4.61. The molecule has 0 aromatic carbocycles. The molecule has 0 aliphatic heterocycles. The lowest BCUT2D eigenvalue weighted by Gasteiger charge is -2.27. The van der Waals surface area contributed by atoms with Crippen molar-refractivity contribution in [1.29, 1.82) is 0 Å². The highest BCUT2D eigenvalue weighted by atomic mass is 16.6. The average Bonchev–Trinajstić information content (AvgIpc) is 3.29. The van der Waals surface area contributed by atoms with Gasteiger partial charge in [-0.05, 0) is 55.4 Å². The van der Waals surface area contributed by atoms with Crippen molar-refractivity contribution in [2.45, 2.75) is 79.3 Å². The SMILES string of the molecule is CCOC(=O)C(CC(C)(C)n1cc[n+](C(C)(C)CC(C(=O)OCC)C(=O)OCC)c1)C(=O)OCC. The van der Waals surface area contributed by atoms with Gasteiger partial charge >= 0.3 is 23.9 Å². The predicted molar refractivity (Wildman–Crippen MR) is 126 cm³/mol. The summed E-state index contributed by atoms with van der Waals surface area (Å²) in [4.78, 5) is 49.9. The van der Waals surface area contributed by atoms with Crippen LogP contribution < -0.4 is 4.57 Å². The van der Waals surface area contributed by atoms with Gasteiger partial charge in [0.2, 0.25) is 6.33 Å². The van der Waals surface area contributed by atoms with Crippen LogP contribution in [0, 0.1) is 11.8 Å². The third-order valence-electron chi connectivity index (χ3n) is 5.73. The minimum absolute atomic E-state index is 0.161. The summed E-state index contributed by atoms with van der Waals surface area (Å²) in [6, 6.07) is 0. The third-order valence-corrected chi connectivity index (χ3v) is 5.73. The summed E-state index contributed by atoms with van der Waals surface area (Å²) in [6.07, 6.45) is 5.78. The fourth-order valence-electron chi connectivity index (χ4n) is 3.78. The molecule has 0 saturated heterocycles. The molecule has 35 heavy (non-hydrogen) atoms. The number of ether oxygens (including phenoxy) is 4. The summed E-state index contributed by atoms with van der Waals surface area (Å²) >= 11 is 0. The van der Waals surface area contributed by atoms with Gasteiger partial charge < -0.3 is 18.9 Å². The molecule has 0 amide bonds. The molecule has 1 aromatic rings. The molecule has 0 aliphatic carbocycles. The lowest BCUT2D eigenvalue weighted by Crippen LogP contribution is -2.53. The molecule has 0 atom stereocenters. The number of rotatable bonds is 14. The highest BCUT2D eigenvalue weighted by molar-refractivity contribution is 5.95. The fraction of sp³-hybridized carbons (Fsp3) is 0.720. The Bertz CT molecular complexity index is 770. The van der Waals surface area contributed by atoms with Crippen molar-refractivity contribution >= 4 is 23.9 Å². The Labute approximate surface area is 207 Å². The lowest BCUT2D eigenvalue weighted by molar-refractivity contribution is -0.758. The van der Waals surface area contributed by atoms with Gasteiger partial charge in [-0.15, -0.1) is 0 Å². The van der Waals surface area contributed by atoms with Crippen LogP contribution in [-0.2, 0) is 49.2 Å². The minimum Gasteiger partial charge on any atom is -0.465 e. The second kappa shape index (κ2) is 13.3. The molecule has 1 rings (SSSR count). The van der Waals surface area contributed by atoms with Gasteiger partial charge in [-0.25, -0.2) is 9.13 Å². The van der Waals surface area contributed by atoms with Crippen molar-refractivity contribution in [3.05, 3.63) is 18.7 Å². The van der Waals surface area contributed by atoms with Crippen molar-refractivity contribution in [2.24, 2.45) is 11.8 Å². The van der Waals surface area contributed by atoms with Crippen LogP contribution in [0.15, 0.2) is 18.7 Å². The van der Waals surface area contributed by atoms with Gasteiger partial charge in [-0.3, -0.25) is 19.2 Å². The number of carbonyl (C=O) groups excluding carboxylic acids is 4. The minimum atomic E-state index is -1.06. The zero-order chi connectivity index (χ0) is 26.8. The maximum Gasteiger partial charge on any atom is 0.320 e. The number of carbonyl (C=O) groups is 4. The largest absolute Gasteiger partial charge is 0.465 e. The van der Waals surface area contributed by atoms with Gasteiger partial charge in [-0.2, -0.15) is 0 Å². The summed E-state index contributed by atoms with van der Waals surface area (Å²) < 4.78 is 24.2. The molecule has 0 saturated carbocycles. The third kappa shape index (κ3) is 8.36. The van der Waals surface area contributed by atoms with Crippen molar-refractivity contribution in [3.63, 3.8) is 0 Å². The maximum atomic E-state index is 12.5. The summed E-state index contributed by atoms with van der Waals surface area (Å²) in [6.45, 7) is 15.0. The Morgan fingerprint density at radius 2 is 1.09 bits per heavy atom. The molecule has 198 valence electrons. The van der Waals surface area contributed by atoms with Crippen LogP contribution in [0.5, 0.6) is 0 Å². The predicted octanol–water partition coefficient (Wildman–Crippen LogP) is 2.51. The van der Waals surface area contributed by atoms with E-state index in [1.807, 2.05) is 55.6 Å². The van der Waals surface area contributed by atoms with Crippen LogP contribution in [0.3, 0.4) is 0 Å². The fourth-order valence-corrected chi connectivity index (χ4v) is 3.78. The summed E-state index contributed by atoms with van der Waals surface area (Å²) in [5, 5.41) is 0. The van der Waals surface area contributed by atoms with Crippen LogP contribution in [-0.4, -0.2) is 54.9 Å². The molecule has 1 heterocycles. The van der Waals surface area contributed by atoms with E-state index >= 15 is 0 Å². The van der Waals surface area contributed by atoms with Crippen molar-refractivity contribution < 1.29 is 42.7 Å². The number of esters is 4. The van der Waals surface area contributed by atoms with E-state index in [-0.39, 0.29) is 39.3 Å². The Morgan fingerprint density at radius 1 is 0.714 bits per heavy atom. The first kappa shape index (κ1) is 30.1. The van der Waals surface area contributed by atoms with E-state index in [1.165, 1.54) is 0 Å². The topological polar surface area (TPSA) is 114 Å². The van der Waals surface area contributed by atoms with E-state index in [2.05, 4.69) is 0 Å². The van der Waals surface area contributed by atoms with Gasteiger partial charge in [0, 0.05) is 12.8 Å². The Kier molecular flexibility index (Phi) is 11.4. The highest BCUT2D eigenvalue weighted by Crippen LogP contribution is 2.28. The second-order valence-corrected chi connectivity index (χ2v) is 9.37. The number of imidazole rings is 1. The summed E-state index contributed by atoms with van der Waals surface area (Å²) in [7, 11) is 0. The molecule has 10 nitrogen and oxygen atoms in total. The van der Waals surface area contributed by atoms with Gasteiger partial charge in [0.1, 0.15) is 23.5 Å². The van der Waals surface area contributed by atoms with E-state index in [1.54, 1.807) is 27.7 Å². The van der Waals surface area contributed by atoms with Gasteiger partial charge in [0.05, 0.1) is 26.4 Å². The van der Waals surface area contributed by atoms with E-state index in [9.17, 15) is 19.2 Å². The van der Waals surface area contributed by atoms with Crippen molar-refractivity contribution in [2.75, 3.05) is 26.4 Å². The van der Waals surface area contributed by atoms with E-state index in [4.69, 9.17) is 18.9 Å². The van der Waals surface area contributed by atoms with E-state index < -0.39 is 46.8 Å². The van der Waals surface area contributed by atoms with Gasteiger partial charge in [0.25, 0.3) is 0 Å². The monoisotopic (exact) mass is 497 g/mol. The molecule has 0 fully saturated rings. The number of nitrogens with zero attached hydrogens (tertiary/aromatic N) is 2. The van der Waals surface area contributed by atoms with Crippen molar-refractivity contribution in [1.82, 2.24) is 4.57 Å². The van der Waals surface area contributed by atoms with Crippen molar-refractivity contribution in [3.8, 4) is 0 Å². The Hall–Kier alpha value is -2.91. The first-order valence-corrected chi connectivity index (χ1v) is 12.1. The van der Waals surface area contributed by atoms with Crippen LogP contribution in [0.25, 0.3) is 0 Å². The average molecular weight is 498 g/mol.